The van der Waals surface area contributed by atoms with Crippen LogP contribution in [0.15, 0.2) is 36.7 Å². The number of benzene rings is 2. The molecular weight excluding hydrogens is 484 g/mol. The molecule has 36 heavy (non-hydrogen) atoms. The van der Waals surface area contributed by atoms with Gasteiger partial charge in [-0.2, -0.15) is 0 Å². The number of methoxy groups -OCH3 is 1. The Bertz CT molecular complexity index is 1200. The summed E-state index contributed by atoms with van der Waals surface area (Å²) in [6.45, 7) is 6.46. The Morgan fingerprint density at radius 1 is 1.14 bits per heavy atom. The lowest BCUT2D eigenvalue weighted by Gasteiger charge is -2.25. The number of hydrogen-bond donors (Lipinski definition) is 0. The molecule has 1 aromatic heterocycles. The van der Waals surface area contributed by atoms with Gasteiger partial charge >= 0.3 is 0 Å². The maximum Gasteiger partial charge on any atom is 0.230 e. The highest BCUT2D eigenvalue weighted by atomic mass is 35.5. The molecule has 4 rings (SSSR count). The monoisotopic (exact) mass is 514 g/mol. The van der Waals surface area contributed by atoms with Gasteiger partial charge in [-0.1, -0.05) is 31.5 Å². The summed E-state index contributed by atoms with van der Waals surface area (Å²) >= 11 is 6.45. The minimum Gasteiger partial charge on any atom is -0.493 e. The first-order valence-electron chi connectivity index (χ1n) is 12.1. The van der Waals surface area contributed by atoms with Gasteiger partial charge in [0.15, 0.2) is 11.5 Å². The standard InChI is InChI=1S/C27H31ClN2O6/c1-17(2)9-19(31)10-18-5-6-20(11-23(18)28)36-27-22-12-25(32-3)26(13-24(22)29-16-30-27)35-8-4-7-34-21-14-33-15-21/h5-6,11-13,16-17,21H,4,7-10,14-15H2,1-3H3. The largest absolute Gasteiger partial charge is 0.493 e. The van der Waals surface area contributed by atoms with E-state index in [0.29, 0.717) is 84.2 Å². The summed E-state index contributed by atoms with van der Waals surface area (Å²) < 4.78 is 28.3. The van der Waals surface area contributed by atoms with Gasteiger partial charge in [0.25, 0.3) is 0 Å². The van der Waals surface area contributed by atoms with E-state index in [2.05, 4.69) is 9.97 Å². The molecule has 0 bridgehead atoms. The van der Waals surface area contributed by atoms with Gasteiger partial charge in [0.2, 0.25) is 5.88 Å². The molecule has 1 saturated heterocycles. The molecule has 0 amide bonds. The molecule has 0 spiro atoms. The van der Waals surface area contributed by atoms with E-state index < -0.39 is 0 Å². The van der Waals surface area contributed by atoms with Crippen LogP contribution in [0.5, 0.6) is 23.1 Å². The molecule has 192 valence electrons. The number of aromatic nitrogens is 2. The van der Waals surface area contributed by atoms with Crippen LogP contribution in [0.1, 0.15) is 32.3 Å². The molecule has 1 fully saturated rings. The van der Waals surface area contributed by atoms with E-state index in [1.807, 2.05) is 19.9 Å². The van der Waals surface area contributed by atoms with Crippen molar-refractivity contribution in [2.24, 2.45) is 5.92 Å². The Labute approximate surface area is 215 Å². The Balaban J connectivity index is 1.44. The molecule has 2 aromatic carbocycles. The van der Waals surface area contributed by atoms with Gasteiger partial charge < -0.3 is 23.7 Å². The highest BCUT2D eigenvalue weighted by Gasteiger charge is 2.18. The van der Waals surface area contributed by atoms with Gasteiger partial charge in [0, 0.05) is 30.4 Å². The van der Waals surface area contributed by atoms with Crippen molar-refractivity contribution >= 4 is 28.3 Å². The van der Waals surface area contributed by atoms with Gasteiger partial charge in [-0.25, -0.2) is 9.97 Å². The predicted octanol–water partition coefficient (Wildman–Crippen LogP) is 5.43. The van der Waals surface area contributed by atoms with Gasteiger partial charge in [0.05, 0.1) is 44.4 Å². The summed E-state index contributed by atoms with van der Waals surface area (Å²) in [4.78, 5) is 20.9. The number of ketones is 1. The molecule has 9 heteroatoms. The molecule has 2 heterocycles. The van der Waals surface area contributed by atoms with Crippen molar-refractivity contribution in [2.45, 2.75) is 39.2 Å². The van der Waals surface area contributed by atoms with Crippen molar-refractivity contribution < 1.29 is 28.5 Å². The Kier molecular flexibility index (Phi) is 8.96. The number of carbonyl (C=O) groups excluding carboxylic acids is 1. The molecule has 0 radical (unpaired) electrons. The van der Waals surface area contributed by atoms with Crippen LogP contribution in [0, 0.1) is 5.92 Å². The van der Waals surface area contributed by atoms with E-state index in [4.69, 9.17) is 35.3 Å². The average Bonchev–Trinajstić information content (AvgIpc) is 2.81. The fourth-order valence-corrected chi connectivity index (χ4v) is 4.02. The summed E-state index contributed by atoms with van der Waals surface area (Å²) in [5.41, 5.74) is 1.43. The second kappa shape index (κ2) is 12.3. The fourth-order valence-electron chi connectivity index (χ4n) is 3.78. The number of rotatable bonds is 13. The highest BCUT2D eigenvalue weighted by molar-refractivity contribution is 6.31. The van der Waals surface area contributed by atoms with Crippen LogP contribution in [0.2, 0.25) is 5.02 Å². The second-order valence-corrected chi connectivity index (χ2v) is 9.51. The zero-order valence-corrected chi connectivity index (χ0v) is 21.5. The molecule has 0 aliphatic carbocycles. The molecule has 0 saturated carbocycles. The Hall–Kier alpha value is -2.94. The van der Waals surface area contributed by atoms with Crippen molar-refractivity contribution in [3.63, 3.8) is 0 Å². The summed E-state index contributed by atoms with van der Waals surface area (Å²) in [5.74, 6) is 2.48. The van der Waals surface area contributed by atoms with Crippen molar-refractivity contribution in [3.8, 4) is 23.1 Å². The van der Waals surface area contributed by atoms with Crippen LogP contribution in [-0.2, 0) is 20.7 Å². The summed E-state index contributed by atoms with van der Waals surface area (Å²) in [7, 11) is 1.58. The van der Waals surface area contributed by atoms with Crippen molar-refractivity contribution in [1.29, 1.82) is 0 Å². The quantitative estimate of drug-likeness (QED) is 0.279. The first kappa shape index (κ1) is 26.1. The van der Waals surface area contributed by atoms with E-state index in [-0.39, 0.29) is 11.9 Å². The van der Waals surface area contributed by atoms with Gasteiger partial charge in [-0.05, 0) is 29.7 Å². The fraction of sp³-hybridized carbons (Fsp3) is 0.444. The average molecular weight is 515 g/mol. The lowest BCUT2D eigenvalue weighted by molar-refractivity contribution is -0.130. The number of ether oxygens (including phenoxy) is 5. The second-order valence-electron chi connectivity index (χ2n) is 9.10. The number of hydrogen-bond acceptors (Lipinski definition) is 8. The SMILES string of the molecule is COc1cc2c(Oc3ccc(CC(=O)CC(C)C)c(Cl)c3)ncnc2cc1OCCCOC1COC1. The van der Waals surface area contributed by atoms with Crippen LogP contribution in [0.4, 0.5) is 0 Å². The zero-order chi connectivity index (χ0) is 25.5. The maximum atomic E-state index is 12.2. The van der Waals surface area contributed by atoms with E-state index in [1.165, 1.54) is 6.33 Å². The molecule has 3 aromatic rings. The first-order chi connectivity index (χ1) is 17.4. The predicted molar refractivity (Wildman–Crippen MR) is 136 cm³/mol. The van der Waals surface area contributed by atoms with E-state index >= 15 is 0 Å². The summed E-state index contributed by atoms with van der Waals surface area (Å²) in [6, 6.07) is 8.89. The lowest BCUT2D eigenvalue weighted by Crippen LogP contribution is -2.36. The van der Waals surface area contributed by atoms with Crippen LogP contribution in [-0.4, -0.2) is 55.4 Å². The van der Waals surface area contributed by atoms with Crippen LogP contribution >= 0.6 is 11.6 Å². The molecule has 0 atom stereocenters. The molecule has 1 aliphatic rings. The summed E-state index contributed by atoms with van der Waals surface area (Å²) in [6.07, 6.45) is 3.21. The number of fused-ring (bicyclic) bond motifs is 1. The molecule has 1 aliphatic heterocycles. The number of carbonyl (C=O) groups is 1. The number of nitrogens with zero attached hydrogens (tertiary/aromatic N) is 2. The van der Waals surface area contributed by atoms with Gasteiger partial charge in [0.1, 0.15) is 24.0 Å². The van der Waals surface area contributed by atoms with Crippen LogP contribution < -0.4 is 14.2 Å². The third-order valence-corrected chi connectivity index (χ3v) is 6.01. The number of halogens is 1. The van der Waals surface area contributed by atoms with E-state index in [1.54, 1.807) is 31.4 Å². The summed E-state index contributed by atoms with van der Waals surface area (Å²) in [5, 5.41) is 1.15. The third-order valence-electron chi connectivity index (χ3n) is 5.65. The number of Topliss-reactive ketones (excluding diaryl/α,β-unsaturated/α-hetero) is 1. The minimum atomic E-state index is 0.160. The Morgan fingerprint density at radius 2 is 1.97 bits per heavy atom. The van der Waals surface area contributed by atoms with Crippen LogP contribution in [0.3, 0.4) is 0 Å². The Morgan fingerprint density at radius 3 is 2.67 bits per heavy atom. The smallest absolute Gasteiger partial charge is 0.230 e. The topological polar surface area (TPSA) is 89.0 Å². The van der Waals surface area contributed by atoms with Gasteiger partial charge in [-0.3, -0.25) is 4.79 Å². The highest BCUT2D eigenvalue weighted by Crippen LogP contribution is 2.36. The molecule has 0 unspecified atom stereocenters. The van der Waals surface area contributed by atoms with Gasteiger partial charge in [-0.15, -0.1) is 0 Å². The van der Waals surface area contributed by atoms with E-state index in [9.17, 15) is 4.79 Å². The third kappa shape index (κ3) is 6.84. The maximum absolute atomic E-state index is 12.2. The van der Waals surface area contributed by atoms with Crippen molar-refractivity contribution in [3.05, 3.63) is 47.2 Å². The zero-order valence-electron chi connectivity index (χ0n) is 20.8. The lowest BCUT2D eigenvalue weighted by atomic mass is 10.0. The molecular formula is C27H31ClN2O6. The minimum absolute atomic E-state index is 0.160. The normalized spacial score (nSPS) is 13.6. The first-order valence-corrected chi connectivity index (χ1v) is 12.4. The van der Waals surface area contributed by atoms with Crippen molar-refractivity contribution in [1.82, 2.24) is 9.97 Å². The van der Waals surface area contributed by atoms with E-state index in [0.717, 1.165) is 12.0 Å². The van der Waals surface area contributed by atoms with Crippen molar-refractivity contribution in [2.75, 3.05) is 33.5 Å². The van der Waals surface area contributed by atoms with Crippen LogP contribution in [0.25, 0.3) is 10.9 Å². The molecule has 0 N–H and O–H groups in total. The molecule has 8 nitrogen and oxygen atoms in total.